The largest absolute Gasteiger partial charge is 0.324 e. The molecule has 1 atom stereocenters. The van der Waals surface area contributed by atoms with Crippen LogP contribution in [0.2, 0.25) is 0 Å². The highest BCUT2D eigenvalue weighted by molar-refractivity contribution is 5.97. The molecule has 2 nitrogen and oxygen atoms in total. The predicted molar refractivity (Wildman–Crippen MR) is 36.1 cm³/mol. The van der Waals surface area contributed by atoms with E-state index >= 15 is 0 Å². The van der Waals surface area contributed by atoms with Crippen LogP contribution in [-0.4, -0.2) is 22.4 Å². The zero-order chi connectivity index (χ0) is 7.23. The van der Waals surface area contributed by atoms with Gasteiger partial charge in [-0.3, -0.25) is 4.79 Å². The Bertz CT molecular complexity index is 145. The van der Waals surface area contributed by atoms with Gasteiger partial charge in [0.1, 0.15) is 6.04 Å². The van der Waals surface area contributed by atoms with E-state index < -0.39 is 0 Å². The summed E-state index contributed by atoms with van der Waals surface area (Å²) in [7, 11) is 0. The van der Waals surface area contributed by atoms with E-state index in [1.165, 1.54) is 0 Å². The molecule has 0 aromatic carbocycles. The van der Waals surface area contributed by atoms with Crippen LogP contribution in [0, 0.1) is 0 Å². The van der Waals surface area contributed by atoms with Gasteiger partial charge in [-0.2, -0.15) is 0 Å². The van der Waals surface area contributed by atoms with Gasteiger partial charge in [0, 0.05) is 5.54 Å². The fourth-order valence-electron chi connectivity index (χ4n) is 1.18. The van der Waals surface area contributed by atoms with Crippen LogP contribution < -0.4 is 0 Å². The maximum Gasteiger partial charge on any atom is 0.246 e. The maximum atomic E-state index is 10.8. The second kappa shape index (κ2) is 1.49. The van der Waals surface area contributed by atoms with Gasteiger partial charge in [-0.15, -0.1) is 0 Å². The van der Waals surface area contributed by atoms with E-state index in [0.717, 1.165) is 0 Å². The highest BCUT2D eigenvalue weighted by Crippen LogP contribution is 2.29. The van der Waals surface area contributed by atoms with Crippen LogP contribution in [0.4, 0.5) is 0 Å². The Morgan fingerprint density at radius 3 is 1.78 bits per heavy atom. The molecule has 1 heterocycles. The summed E-state index contributed by atoms with van der Waals surface area (Å²) in [4.78, 5) is 12.7. The lowest BCUT2D eigenvalue weighted by molar-refractivity contribution is -0.115. The molecule has 0 aliphatic carbocycles. The summed E-state index contributed by atoms with van der Waals surface area (Å²) in [6.45, 7) is 8.09. The summed E-state index contributed by atoms with van der Waals surface area (Å²) in [6.07, 6.45) is 0. The summed E-state index contributed by atoms with van der Waals surface area (Å²) in [5.41, 5.74) is 0.0382. The van der Waals surface area contributed by atoms with E-state index in [0.29, 0.717) is 0 Å². The highest BCUT2D eigenvalue weighted by atomic mass is 16.2. The van der Waals surface area contributed by atoms with Crippen molar-refractivity contribution in [2.45, 2.75) is 39.3 Å². The quantitative estimate of drug-likeness (QED) is 0.445. The van der Waals surface area contributed by atoms with Crippen LogP contribution in [0.3, 0.4) is 0 Å². The Morgan fingerprint density at radius 2 is 1.78 bits per heavy atom. The lowest BCUT2D eigenvalue weighted by atomic mass is 10.1. The van der Waals surface area contributed by atoms with E-state index in [1.54, 1.807) is 0 Å². The van der Waals surface area contributed by atoms with Gasteiger partial charge >= 0.3 is 0 Å². The minimum Gasteiger partial charge on any atom is -0.324 e. The molecule has 0 radical (unpaired) electrons. The molecule has 0 aromatic rings. The van der Waals surface area contributed by atoms with Crippen molar-refractivity contribution in [2.75, 3.05) is 0 Å². The van der Waals surface area contributed by atoms with Gasteiger partial charge in [0.15, 0.2) is 0 Å². The fourth-order valence-corrected chi connectivity index (χ4v) is 1.18. The first kappa shape index (κ1) is 6.59. The van der Waals surface area contributed by atoms with Crippen molar-refractivity contribution in [3.05, 3.63) is 0 Å². The van der Waals surface area contributed by atoms with E-state index in [2.05, 4.69) is 20.8 Å². The summed E-state index contributed by atoms with van der Waals surface area (Å²) in [6, 6.07) is 0.171. The molecule has 1 aliphatic heterocycles. The van der Waals surface area contributed by atoms with Gasteiger partial charge in [0.05, 0.1) is 0 Å². The second-order valence-corrected chi connectivity index (χ2v) is 3.56. The van der Waals surface area contributed by atoms with Crippen LogP contribution in [0.25, 0.3) is 0 Å². The molecule has 0 bridgehead atoms. The number of hydrogen-bond donors (Lipinski definition) is 0. The van der Waals surface area contributed by atoms with Crippen molar-refractivity contribution < 1.29 is 4.79 Å². The molecule has 1 amide bonds. The molecular formula is C7H13NO. The molecule has 1 aliphatic rings. The SMILES string of the molecule is CC1C(=O)N1C(C)(C)C. The molecular weight excluding hydrogens is 114 g/mol. The van der Waals surface area contributed by atoms with Gasteiger partial charge in [-0.25, -0.2) is 0 Å². The van der Waals surface area contributed by atoms with Crippen molar-refractivity contribution in [1.82, 2.24) is 4.90 Å². The summed E-state index contributed by atoms with van der Waals surface area (Å²) >= 11 is 0. The third-order valence-corrected chi connectivity index (χ3v) is 1.64. The van der Waals surface area contributed by atoms with Crippen molar-refractivity contribution in [1.29, 1.82) is 0 Å². The number of nitrogens with zero attached hydrogens (tertiary/aromatic N) is 1. The topological polar surface area (TPSA) is 20.1 Å². The number of hydrogen-bond acceptors (Lipinski definition) is 1. The fraction of sp³-hybridized carbons (Fsp3) is 0.857. The van der Waals surface area contributed by atoms with Gasteiger partial charge < -0.3 is 4.90 Å². The lowest BCUT2D eigenvalue weighted by Gasteiger charge is -2.19. The van der Waals surface area contributed by atoms with Gasteiger partial charge in [-0.05, 0) is 27.7 Å². The van der Waals surface area contributed by atoms with E-state index in [-0.39, 0.29) is 17.5 Å². The van der Waals surface area contributed by atoms with Crippen molar-refractivity contribution in [3.63, 3.8) is 0 Å². The molecule has 0 saturated carbocycles. The third kappa shape index (κ3) is 0.934. The molecule has 1 saturated heterocycles. The number of carbonyl (C=O) groups excluding carboxylic acids is 1. The van der Waals surface area contributed by atoms with Crippen LogP contribution >= 0.6 is 0 Å². The molecule has 0 aromatic heterocycles. The molecule has 9 heavy (non-hydrogen) atoms. The van der Waals surface area contributed by atoms with E-state index in [1.807, 2.05) is 11.8 Å². The summed E-state index contributed by atoms with van der Waals surface area (Å²) in [5, 5.41) is 0. The normalized spacial score (nSPS) is 26.9. The van der Waals surface area contributed by atoms with Gasteiger partial charge in [-0.1, -0.05) is 0 Å². The number of amides is 1. The highest BCUT2D eigenvalue weighted by Gasteiger charge is 2.48. The first-order valence-corrected chi connectivity index (χ1v) is 3.28. The van der Waals surface area contributed by atoms with Crippen molar-refractivity contribution in [2.24, 2.45) is 0 Å². The average Bonchev–Trinajstić information content (AvgIpc) is 2.11. The molecule has 1 unspecified atom stereocenters. The third-order valence-electron chi connectivity index (χ3n) is 1.64. The minimum absolute atomic E-state index is 0.0382. The number of carbonyl (C=O) groups is 1. The first-order chi connectivity index (χ1) is 3.94. The standard InChI is InChI=1S/C7H13NO/c1-5-6(9)8(5)7(2,3)4/h5H,1-4H3. The van der Waals surface area contributed by atoms with E-state index in [4.69, 9.17) is 0 Å². The molecule has 0 spiro atoms. The van der Waals surface area contributed by atoms with Crippen LogP contribution in [0.15, 0.2) is 0 Å². The smallest absolute Gasteiger partial charge is 0.246 e. The molecule has 52 valence electrons. The zero-order valence-electron chi connectivity index (χ0n) is 6.43. The summed E-state index contributed by atoms with van der Waals surface area (Å²) in [5.74, 6) is 0.280. The van der Waals surface area contributed by atoms with Crippen LogP contribution in [0.5, 0.6) is 0 Å². The zero-order valence-corrected chi connectivity index (χ0v) is 6.43. The molecule has 0 N–H and O–H groups in total. The Labute approximate surface area is 55.8 Å². The van der Waals surface area contributed by atoms with Crippen LogP contribution in [-0.2, 0) is 4.79 Å². The Morgan fingerprint density at radius 1 is 1.44 bits per heavy atom. The monoisotopic (exact) mass is 127 g/mol. The lowest BCUT2D eigenvalue weighted by Crippen LogP contribution is -2.27. The first-order valence-electron chi connectivity index (χ1n) is 3.28. The minimum atomic E-state index is 0.0382. The summed E-state index contributed by atoms with van der Waals surface area (Å²) < 4.78 is 0. The number of rotatable bonds is 0. The van der Waals surface area contributed by atoms with E-state index in [9.17, 15) is 4.79 Å². The Balaban J connectivity index is 2.60. The second-order valence-electron chi connectivity index (χ2n) is 3.56. The van der Waals surface area contributed by atoms with Gasteiger partial charge in [0.25, 0.3) is 0 Å². The van der Waals surface area contributed by atoms with Crippen molar-refractivity contribution >= 4 is 5.91 Å². The maximum absolute atomic E-state index is 10.8. The average molecular weight is 127 g/mol. The predicted octanol–water partition coefficient (Wildman–Crippen LogP) is 1.02. The molecule has 1 fully saturated rings. The van der Waals surface area contributed by atoms with Crippen molar-refractivity contribution in [3.8, 4) is 0 Å². The molecule has 1 rings (SSSR count). The molecule has 2 heteroatoms. The van der Waals surface area contributed by atoms with Gasteiger partial charge in [0.2, 0.25) is 5.91 Å². The Kier molecular flexibility index (Phi) is 1.09. The Hall–Kier alpha value is -0.530. The van der Waals surface area contributed by atoms with Crippen LogP contribution in [0.1, 0.15) is 27.7 Å².